The van der Waals surface area contributed by atoms with Gasteiger partial charge in [-0.15, -0.1) is 0 Å². The van der Waals surface area contributed by atoms with Gasteiger partial charge in [0.2, 0.25) is 10.0 Å². The van der Waals surface area contributed by atoms with E-state index < -0.39 is 10.0 Å². The Hall–Kier alpha value is -1.47. The number of rotatable bonds is 8. The van der Waals surface area contributed by atoms with Crippen LogP contribution < -0.4 is 20.5 Å². The number of anilines is 2. The monoisotopic (exact) mass is 287 g/mol. The van der Waals surface area contributed by atoms with Gasteiger partial charge in [0.1, 0.15) is 5.75 Å². The summed E-state index contributed by atoms with van der Waals surface area (Å²) in [5, 5.41) is 3.00. The van der Waals surface area contributed by atoms with E-state index >= 15 is 0 Å². The van der Waals surface area contributed by atoms with Crippen molar-refractivity contribution in [2.45, 2.75) is 13.3 Å². The molecule has 0 unspecified atom stereocenters. The summed E-state index contributed by atoms with van der Waals surface area (Å²) >= 11 is 0. The molecule has 0 bridgehead atoms. The molecular formula is C12H21N3O3S. The van der Waals surface area contributed by atoms with E-state index in [1.54, 1.807) is 12.1 Å². The van der Waals surface area contributed by atoms with Crippen LogP contribution in [-0.4, -0.2) is 34.4 Å². The molecule has 1 rings (SSSR count). The summed E-state index contributed by atoms with van der Waals surface area (Å²) in [5.41, 5.74) is 7.13. The minimum absolute atomic E-state index is 0.0109. The summed E-state index contributed by atoms with van der Waals surface area (Å²) in [6.07, 6.45) is 0.900. The number of nitrogen functional groups attached to an aromatic ring is 1. The summed E-state index contributed by atoms with van der Waals surface area (Å²) < 4.78 is 30.3. The fourth-order valence-corrected chi connectivity index (χ4v) is 2.03. The Morgan fingerprint density at radius 3 is 2.74 bits per heavy atom. The Balaban J connectivity index is 2.64. The normalized spacial score (nSPS) is 11.3. The van der Waals surface area contributed by atoms with Gasteiger partial charge in [0.15, 0.2) is 0 Å². The van der Waals surface area contributed by atoms with Gasteiger partial charge in [-0.1, -0.05) is 13.0 Å². The number of hydrogen-bond acceptors (Lipinski definition) is 5. The highest BCUT2D eigenvalue weighted by Crippen LogP contribution is 2.29. The molecule has 0 heterocycles. The van der Waals surface area contributed by atoms with Crippen LogP contribution in [0.4, 0.5) is 11.4 Å². The summed E-state index contributed by atoms with van der Waals surface area (Å²) in [6, 6.07) is 5.40. The van der Waals surface area contributed by atoms with Crippen LogP contribution in [0.25, 0.3) is 0 Å². The summed E-state index contributed by atoms with van der Waals surface area (Å²) in [7, 11) is -1.82. The first-order chi connectivity index (χ1) is 9.00. The zero-order valence-corrected chi connectivity index (χ0v) is 12.1. The van der Waals surface area contributed by atoms with E-state index in [2.05, 4.69) is 10.0 Å². The van der Waals surface area contributed by atoms with Gasteiger partial charge in [0, 0.05) is 6.54 Å². The maximum atomic E-state index is 11.3. The molecule has 1 aromatic rings. The quantitative estimate of drug-likeness (QED) is 0.621. The van der Waals surface area contributed by atoms with Gasteiger partial charge in [-0.3, -0.25) is 0 Å². The Labute approximate surface area is 114 Å². The minimum Gasteiger partial charge on any atom is -0.491 e. The Bertz CT molecular complexity index is 503. The summed E-state index contributed by atoms with van der Waals surface area (Å²) in [6.45, 7) is 2.90. The van der Waals surface area contributed by atoms with Gasteiger partial charge in [-0.2, -0.15) is 0 Å². The van der Waals surface area contributed by atoms with Crippen LogP contribution in [0.2, 0.25) is 0 Å². The lowest BCUT2D eigenvalue weighted by Gasteiger charge is -2.13. The zero-order valence-electron chi connectivity index (χ0n) is 11.3. The minimum atomic E-state index is -3.21. The van der Waals surface area contributed by atoms with Crippen molar-refractivity contribution in [2.24, 2.45) is 0 Å². The molecule has 0 aliphatic heterocycles. The summed E-state index contributed by atoms with van der Waals surface area (Å²) in [4.78, 5) is 0. The molecule has 0 spiro atoms. The zero-order chi connectivity index (χ0) is 14.3. The van der Waals surface area contributed by atoms with Crippen molar-refractivity contribution < 1.29 is 13.2 Å². The second-order valence-electron chi connectivity index (χ2n) is 4.02. The Morgan fingerprint density at radius 2 is 2.11 bits per heavy atom. The number of para-hydroxylation sites is 1. The average Bonchev–Trinajstić information content (AvgIpc) is 2.39. The van der Waals surface area contributed by atoms with Crippen LogP contribution in [-0.2, 0) is 10.0 Å². The summed E-state index contributed by atoms with van der Waals surface area (Å²) in [5.74, 6) is 0.603. The predicted octanol–water partition coefficient (Wildman–Crippen LogP) is 1.02. The number of benzene rings is 1. The molecule has 19 heavy (non-hydrogen) atoms. The van der Waals surface area contributed by atoms with E-state index in [4.69, 9.17) is 10.5 Å². The van der Waals surface area contributed by atoms with Gasteiger partial charge in [0.25, 0.3) is 0 Å². The molecule has 4 N–H and O–H groups in total. The molecule has 6 nitrogen and oxygen atoms in total. The fourth-order valence-electron chi connectivity index (χ4n) is 1.46. The van der Waals surface area contributed by atoms with Crippen molar-refractivity contribution in [1.29, 1.82) is 0 Å². The van der Waals surface area contributed by atoms with Gasteiger partial charge in [-0.25, -0.2) is 13.1 Å². The van der Waals surface area contributed by atoms with E-state index in [0.717, 1.165) is 6.42 Å². The SMILES string of the molecule is CCCOc1cccc(NCCS(=O)(=O)NC)c1N. The van der Waals surface area contributed by atoms with Crippen LogP contribution in [0.5, 0.6) is 5.75 Å². The van der Waals surface area contributed by atoms with E-state index in [9.17, 15) is 8.42 Å². The third-order valence-corrected chi connectivity index (χ3v) is 3.89. The number of ether oxygens (including phenoxy) is 1. The number of nitrogens with one attached hydrogen (secondary N) is 2. The molecule has 0 atom stereocenters. The van der Waals surface area contributed by atoms with Gasteiger partial charge < -0.3 is 15.8 Å². The smallest absolute Gasteiger partial charge is 0.213 e. The van der Waals surface area contributed by atoms with E-state index in [0.29, 0.717) is 23.7 Å². The molecule has 108 valence electrons. The van der Waals surface area contributed by atoms with Crippen molar-refractivity contribution in [3.8, 4) is 5.75 Å². The molecular weight excluding hydrogens is 266 g/mol. The van der Waals surface area contributed by atoms with Crippen LogP contribution in [0.15, 0.2) is 18.2 Å². The first-order valence-corrected chi connectivity index (χ1v) is 7.81. The first-order valence-electron chi connectivity index (χ1n) is 6.16. The molecule has 0 radical (unpaired) electrons. The molecule has 1 aromatic carbocycles. The number of hydrogen-bond donors (Lipinski definition) is 3. The molecule has 0 amide bonds. The van der Waals surface area contributed by atoms with Gasteiger partial charge in [-0.05, 0) is 25.6 Å². The first kappa shape index (κ1) is 15.6. The van der Waals surface area contributed by atoms with Gasteiger partial charge >= 0.3 is 0 Å². The number of sulfonamides is 1. The van der Waals surface area contributed by atoms with Crippen molar-refractivity contribution >= 4 is 21.4 Å². The van der Waals surface area contributed by atoms with Crippen molar-refractivity contribution in [3.63, 3.8) is 0 Å². The van der Waals surface area contributed by atoms with Crippen LogP contribution in [0.3, 0.4) is 0 Å². The average molecular weight is 287 g/mol. The standard InChI is InChI=1S/C12H21N3O3S/c1-3-8-18-11-6-4-5-10(12(11)13)15-7-9-19(16,17)14-2/h4-6,14-15H,3,7-9,13H2,1-2H3. The molecule has 0 fully saturated rings. The lowest BCUT2D eigenvalue weighted by Crippen LogP contribution is -2.26. The van der Waals surface area contributed by atoms with E-state index in [-0.39, 0.29) is 12.3 Å². The topological polar surface area (TPSA) is 93.4 Å². The predicted molar refractivity (Wildman–Crippen MR) is 78.0 cm³/mol. The highest BCUT2D eigenvalue weighted by Gasteiger charge is 2.08. The highest BCUT2D eigenvalue weighted by molar-refractivity contribution is 7.89. The van der Waals surface area contributed by atoms with Crippen LogP contribution in [0.1, 0.15) is 13.3 Å². The lowest BCUT2D eigenvalue weighted by molar-refractivity contribution is 0.319. The van der Waals surface area contributed by atoms with E-state index in [1.807, 2.05) is 13.0 Å². The maximum Gasteiger partial charge on any atom is 0.213 e. The molecule has 0 saturated carbocycles. The molecule has 0 aliphatic carbocycles. The highest BCUT2D eigenvalue weighted by atomic mass is 32.2. The number of nitrogens with two attached hydrogens (primary N) is 1. The lowest BCUT2D eigenvalue weighted by atomic mass is 10.2. The molecule has 0 saturated heterocycles. The molecule has 0 aliphatic rings. The van der Waals surface area contributed by atoms with Crippen molar-refractivity contribution in [3.05, 3.63) is 18.2 Å². The fraction of sp³-hybridized carbons (Fsp3) is 0.500. The molecule has 7 heteroatoms. The third-order valence-electron chi connectivity index (χ3n) is 2.53. The Kier molecular flexibility index (Phi) is 5.91. The largest absolute Gasteiger partial charge is 0.491 e. The van der Waals surface area contributed by atoms with Gasteiger partial charge in [0.05, 0.1) is 23.7 Å². The van der Waals surface area contributed by atoms with Crippen LogP contribution in [0, 0.1) is 0 Å². The molecule has 0 aromatic heterocycles. The second-order valence-corrected chi connectivity index (χ2v) is 6.06. The second kappa shape index (κ2) is 7.20. The van der Waals surface area contributed by atoms with Crippen molar-refractivity contribution in [1.82, 2.24) is 4.72 Å². The Morgan fingerprint density at radius 1 is 1.37 bits per heavy atom. The van der Waals surface area contributed by atoms with Crippen LogP contribution >= 0.6 is 0 Å². The van der Waals surface area contributed by atoms with Crippen molar-refractivity contribution in [2.75, 3.05) is 37.0 Å². The van der Waals surface area contributed by atoms with E-state index in [1.165, 1.54) is 7.05 Å². The maximum absolute atomic E-state index is 11.3. The third kappa shape index (κ3) is 4.96.